The molecule has 0 aromatic heterocycles. The van der Waals surface area contributed by atoms with Crippen LogP contribution in [0.3, 0.4) is 0 Å². The summed E-state index contributed by atoms with van der Waals surface area (Å²) in [5, 5.41) is 19.9. The quantitative estimate of drug-likeness (QED) is 0.685. The normalized spacial score (nSPS) is 18.8. The molecular formula is C12H22N2O4. The number of hydrogen-bond donors (Lipinski definition) is 3. The first-order valence-electron chi connectivity index (χ1n) is 6.34. The van der Waals surface area contributed by atoms with Crippen molar-refractivity contribution in [2.75, 3.05) is 19.7 Å². The molecule has 1 atom stereocenters. The first kappa shape index (κ1) is 14.8. The number of carboxylic acids is 1. The SMILES string of the molecule is CC(C)C1CCN(C(=O)N[C@@H](CO)C(=O)O)CC1. The molecule has 0 saturated carbocycles. The second kappa shape index (κ2) is 6.58. The Balaban J connectivity index is 2.42. The molecule has 0 radical (unpaired) electrons. The van der Waals surface area contributed by atoms with Gasteiger partial charge in [0.1, 0.15) is 0 Å². The number of carbonyl (C=O) groups is 2. The van der Waals surface area contributed by atoms with E-state index in [0.29, 0.717) is 24.9 Å². The van der Waals surface area contributed by atoms with Crippen LogP contribution in [0.25, 0.3) is 0 Å². The zero-order chi connectivity index (χ0) is 13.7. The van der Waals surface area contributed by atoms with Crippen LogP contribution < -0.4 is 5.32 Å². The lowest BCUT2D eigenvalue weighted by atomic mass is 9.87. The number of rotatable bonds is 4. The molecule has 2 amide bonds. The Kier molecular flexibility index (Phi) is 5.40. The number of piperidine rings is 1. The van der Waals surface area contributed by atoms with Crippen molar-refractivity contribution in [3.05, 3.63) is 0 Å². The second-order valence-electron chi connectivity index (χ2n) is 5.09. The summed E-state index contributed by atoms with van der Waals surface area (Å²) in [4.78, 5) is 24.1. The van der Waals surface area contributed by atoms with E-state index in [1.165, 1.54) is 0 Å². The maximum Gasteiger partial charge on any atom is 0.328 e. The second-order valence-corrected chi connectivity index (χ2v) is 5.09. The van der Waals surface area contributed by atoms with Crippen LogP contribution in [0.2, 0.25) is 0 Å². The van der Waals surface area contributed by atoms with Crippen molar-refractivity contribution >= 4 is 12.0 Å². The molecule has 104 valence electrons. The largest absolute Gasteiger partial charge is 0.480 e. The number of nitrogens with one attached hydrogen (secondary N) is 1. The van der Waals surface area contributed by atoms with Gasteiger partial charge in [-0.05, 0) is 24.7 Å². The van der Waals surface area contributed by atoms with Crippen molar-refractivity contribution in [2.24, 2.45) is 11.8 Å². The number of carboxylic acid groups (broad SMARTS) is 1. The van der Waals surface area contributed by atoms with Crippen LogP contribution in [0.5, 0.6) is 0 Å². The summed E-state index contributed by atoms with van der Waals surface area (Å²) >= 11 is 0. The third-order valence-electron chi connectivity index (χ3n) is 3.55. The highest BCUT2D eigenvalue weighted by atomic mass is 16.4. The Morgan fingerprint density at radius 1 is 1.33 bits per heavy atom. The fourth-order valence-electron chi connectivity index (χ4n) is 2.20. The maximum atomic E-state index is 11.8. The van der Waals surface area contributed by atoms with Gasteiger partial charge in [-0.25, -0.2) is 9.59 Å². The average Bonchev–Trinajstić information content (AvgIpc) is 2.35. The Hall–Kier alpha value is -1.30. The van der Waals surface area contributed by atoms with Gasteiger partial charge >= 0.3 is 12.0 Å². The fraction of sp³-hybridized carbons (Fsp3) is 0.833. The molecule has 1 aliphatic rings. The van der Waals surface area contributed by atoms with Crippen LogP contribution in [0.1, 0.15) is 26.7 Å². The number of amides is 2. The van der Waals surface area contributed by atoms with Gasteiger partial charge in [-0.1, -0.05) is 13.8 Å². The minimum Gasteiger partial charge on any atom is -0.480 e. The molecule has 18 heavy (non-hydrogen) atoms. The van der Waals surface area contributed by atoms with Crippen LogP contribution in [0.4, 0.5) is 4.79 Å². The summed E-state index contributed by atoms with van der Waals surface area (Å²) in [5.41, 5.74) is 0. The molecule has 0 unspecified atom stereocenters. The molecule has 6 nitrogen and oxygen atoms in total. The van der Waals surface area contributed by atoms with Crippen molar-refractivity contribution in [3.63, 3.8) is 0 Å². The number of hydrogen-bond acceptors (Lipinski definition) is 3. The summed E-state index contributed by atoms with van der Waals surface area (Å²) in [6.45, 7) is 5.04. The van der Waals surface area contributed by atoms with Crippen LogP contribution in [0.15, 0.2) is 0 Å². The maximum absolute atomic E-state index is 11.8. The number of aliphatic hydroxyl groups excluding tert-OH is 1. The van der Waals surface area contributed by atoms with Crippen molar-refractivity contribution < 1.29 is 19.8 Å². The summed E-state index contributed by atoms with van der Waals surface area (Å²) in [5.74, 6) is 0.0181. The first-order valence-corrected chi connectivity index (χ1v) is 6.34. The number of carbonyl (C=O) groups excluding carboxylic acids is 1. The molecule has 1 aliphatic heterocycles. The number of aliphatic hydroxyl groups is 1. The van der Waals surface area contributed by atoms with Crippen molar-refractivity contribution in [1.29, 1.82) is 0 Å². The van der Waals surface area contributed by atoms with E-state index in [2.05, 4.69) is 19.2 Å². The lowest BCUT2D eigenvalue weighted by molar-refractivity contribution is -0.140. The van der Waals surface area contributed by atoms with E-state index in [1.807, 2.05) is 0 Å². The van der Waals surface area contributed by atoms with Gasteiger partial charge in [-0.3, -0.25) is 0 Å². The molecule has 0 bridgehead atoms. The third-order valence-corrected chi connectivity index (χ3v) is 3.55. The Bertz CT molecular complexity index is 298. The molecule has 6 heteroatoms. The summed E-state index contributed by atoms with van der Waals surface area (Å²) in [6.07, 6.45) is 1.89. The van der Waals surface area contributed by atoms with Gasteiger partial charge < -0.3 is 20.4 Å². The highest BCUT2D eigenvalue weighted by Gasteiger charge is 2.27. The smallest absolute Gasteiger partial charge is 0.328 e. The zero-order valence-corrected chi connectivity index (χ0v) is 10.9. The Labute approximate surface area is 107 Å². The van der Waals surface area contributed by atoms with E-state index in [4.69, 9.17) is 10.2 Å². The number of nitrogens with zero attached hydrogens (tertiary/aromatic N) is 1. The highest BCUT2D eigenvalue weighted by Crippen LogP contribution is 2.24. The van der Waals surface area contributed by atoms with Gasteiger partial charge in [0, 0.05) is 13.1 Å². The highest BCUT2D eigenvalue weighted by molar-refractivity contribution is 5.82. The number of aliphatic carboxylic acids is 1. The lowest BCUT2D eigenvalue weighted by Gasteiger charge is -2.34. The van der Waals surface area contributed by atoms with Gasteiger partial charge in [0.15, 0.2) is 6.04 Å². The standard InChI is InChI=1S/C12H22N2O4/c1-8(2)9-3-5-14(6-4-9)12(18)13-10(7-15)11(16)17/h8-10,15H,3-7H2,1-2H3,(H,13,18)(H,16,17)/t10-/m0/s1. The number of likely N-dealkylation sites (tertiary alicyclic amines) is 1. The molecule has 1 saturated heterocycles. The minimum atomic E-state index is -1.22. The van der Waals surface area contributed by atoms with Gasteiger partial charge in [0.05, 0.1) is 6.61 Å². The van der Waals surface area contributed by atoms with Crippen LogP contribution >= 0.6 is 0 Å². The predicted molar refractivity (Wildman–Crippen MR) is 66.2 cm³/mol. The van der Waals surface area contributed by atoms with E-state index in [0.717, 1.165) is 12.8 Å². The zero-order valence-electron chi connectivity index (χ0n) is 10.9. The molecule has 1 fully saturated rings. The fourth-order valence-corrected chi connectivity index (χ4v) is 2.20. The molecule has 0 aromatic carbocycles. The van der Waals surface area contributed by atoms with Crippen LogP contribution in [-0.2, 0) is 4.79 Å². The molecule has 0 aromatic rings. The topological polar surface area (TPSA) is 89.9 Å². The molecule has 3 N–H and O–H groups in total. The van der Waals surface area contributed by atoms with Gasteiger partial charge in [-0.15, -0.1) is 0 Å². The minimum absolute atomic E-state index is 0.404. The van der Waals surface area contributed by atoms with Crippen molar-refractivity contribution in [2.45, 2.75) is 32.7 Å². The van der Waals surface area contributed by atoms with E-state index >= 15 is 0 Å². The average molecular weight is 258 g/mol. The van der Waals surface area contributed by atoms with Gasteiger partial charge in [0.25, 0.3) is 0 Å². The van der Waals surface area contributed by atoms with E-state index in [1.54, 1.807) is 4.90 Å². The summed E-state index contributed by atoms with van der Waals surface area (Å²) in [6, 6.07) is -1.63. The number of urea groups is 1. The Morgan fingerprint density at radius 3 is 2.28 bits per heavy atom. The Morgan fingerprint density at radius 2 is 1.89 bits per heavy atom. The van der Waals surface area contributed by atoms with Crippen molar-refractivity contribution in [3.8, 4) is 0 Å². The van der Waals surface area contributed by atoms with Crippen LogP contribution in [0, 0.1) is 11.8 Å². The third kappa shape index (κ3) is 3.87. The first-order chi connectivity index (χ1) is 8.45. The summed E-state index contributed by atoms with van der Waals surface area (Å²) < 4.78 is 0. The van der Waals surface area contributed by atoms with Gasteiger partial charge in [0.2, 0.25) is 0 Å². The summed E-state index contributed by atoms with van der Waals surface area (Å²) in [7, 11) is 0. The van der Waals surface area contributed by atoms with Gasteiger partial charge in [-0.2, -0.15) is 0 Å². The molecular weight excluding hydrogens is 236 g/mol. The van der Waals surface area contributed by atoms with Crippen molar-refractivity contribution in [1.82, 2.24) is 10.2 Å². The molecule has 0 spiro atoms. The van der Waals surface area contributed by atoms with E-state index < -0.39 is 24.6 Å². The molecule has 1 heterocycles. The predicted octanol–water partition coefficient (Wildman–Crippen LogP) is 0.509. The molecule has 1 rings (SSSR count). The van der Waals surface area contributed by atoms with E-state index in [9.17, 15) is 9.59 Å². The molecule has 0 aliphatic carbocycles. The monoisotopic (exact) mass is 258 g/mol. The van der Waals surface area contributed by atoms with Crippen LogP contribution in [-0.4, -0.2) is 52.9 Å². The van der Waals surface area contributed by atoms with E-state index in [-0.39, 0.29) is 0 Å². The lowest BCUT2D eigenvalue weighted by Crippen LogP contribution is -2.51.